The lowest BCUT2D eigenvalue weighted by molar-refractivity contribution is -0.870. The Morgan fingerprint density at radius 2 is 0.685 bits per heavy atom. The standard InChI is InChI=1S/C79H149N2O7P/c1-7-10-13-16-19-22-25-27-29-31-33-35-37-39-40-42-44-46-48-50-52-54-57-60-63-66-69-72-79(83)88-77(70-67-64-61-58-55-24-21-18-15-12-9-3)76(75-87-89(84,85)86-74-73-81(4,5)6)80-78(82)71-68-65-62-59-56-53-51-49-47-45-43-41-38-36-34-32-30-28-26-23-20-17-14-11-8-2/h19-20,22-23,27-30,67,70,76-77H,7-18,21,24-26,31-66,68-69,71-75H2,1-6H3,(H-,80,82,84,85)/b22-19-,23-20-,29-27-,30-28-,70-67+. The number of nitrogens with zero attached hydrogens (tertiary/aromatic N) is 1. The van der Waals surface area contributed by atoms with Gasteiger partial charge in [0.2, 0.25) is 5.91 Å². The van der Waals surface area contributed by atoms with E-state index in [1.807, 2.05) is 33.3 Å². The molecular weight excluding hydrogens is 1120 g/mol. The number of carbonyl (C=O) groups excluding carboxylic acids is 2. The maximum Gasteiger partial charge on any atom is 0.306 e. The average Bonchev–Trinajstić information content (AvgIpc) is 3.71. The topological polar surface area (TPSA) is 114 Å². The van der Waals surface area contributed by atoms with Gasteiger partial charge in [0.25, 0.3) is 7.82 Å². The van der Waals surface area contributed by atoms with Crippen LogP contribution >= 0.6 is 7.82 Å². The molecule has 0 saturated heterocycles. The average molecular weight is 1270 g/mol. The summed E-state index contributed by atoms with van der Waals surface area (Å²) in [4.78, 5) is 40.3. The van der Waals surface area contributed by atoms with Gasteiger partial charge in [-0.3, -0.25) is 14.2 Å². The molecule has 1 N–H and O–H groups in total. The molecule has 522 valence electrons. The number of unbranched alkanes of at least 4 members (excludes halogenated alkanes) is 47. The van der Waals surface area contributed by atoms with Crippen molar-refractivity contribution in [3.8, 4) is 0 Å². The van der Waals surface area contributed by atoms with Crippen LogP contribution in [-0.2, 0) is 27.9 Å². The predicted octanol–water partition coefficient (Wildman–Crippen LogP) is 24.3. The highest BCUT2D eigenvalue weighted by molar-refractivity contribution is 7.45. The molecule has 89 heavy (non-hydrogen) atoms. The predicted molar refractivity (Wildman–Crippen MR) is 385 cm³/mol. The Labute approximate surface area is 553 Å². The van der Waals surface area contributed by atoms with Gasteiger partial charge in [-0.2, -0.15) is 0 Å². The van der Waals surface area contributed by atoms with E-state index < -0.39 is 20.0 Å². The van der Waals surface area contributed by atoms with E-state index in [9.17, 15) is 19.0 Å². The molecule has 0 radical (unpaired) electrons. The Balaban J connectivity index is 4.88. The number of rotatable bonds is 71. The van der Waals surface area contributed by atoms with Crippen molar-refractivity contribution in [2.24, 2.45) is 0 Å². The molecule has 0 saturated carbocycles. The number of hydrogen-bond acceptors (Lipinski definition) is 7. The van der Waals surface area contributed by atoms with Crippen molar-refractivity contribution in [2.75, 3.05) is 40.9 Å². The molecule has 0 aromatic carbocycles. The fourth-order valence-corrected chi connectivity index (χ4v) is 12.2. The molecule has 0 spiro atoms. The van der Waals surface area contributed by atoms with Crippen molar-refractivity contribution in [1.82, 2.24) is 5.32 Å². The van der Waals surface area contributed by atoms with Crippen LogP contribution in [0.4, 0.5) is 0 Å². The normalized spacial score (nSPS) is 13.7. The highest BCUT2D eigenvalue weighted by Crippen LogP contribution is 2.38. The molecule has 0 aliphatic rings. The first-order chi connectivity index (χ1) is 43.4. The summed E-state index contributed by atoms with van der Waals surface area (Å²) in [5.41, 5.74) is 0. The van der Waals surface area contributed by atoms with E-state index in [4.69, 9.17) is 13.8 Å². The zero-order chi connectivity index (χ0) is 64.9. The van der Waals surface area contributed by atoms with Crippen LogP contribution in [0.15, 0.2) is 60.8 Å². The third-order valence-electron chi connectivity index (χ3n) is 17.4. The second-order valence-electron chi connectivity index (χ2n) is 27.5. The van der Waals surface area contributed by atoms with E-state index in [0.717, 1.165) is 70.6 Å². The highest BCUT2D eigenvalue weighted by Gasteiger charge is 2.27. The SMILES string of the molecule is CCCCC/C=C\C/C=C\CCCCCCCCCCCCCCCCCCCC(=O)OC(/C=C/CCCCCCCCCCC)C(COP(=O)([O-])OCC[N+](C)(C)C)NC(=O)CCCCCCCCCCCCCCCCC/C=C\C/C=C\CCCCC. The molecule has 3 atom stereocenters. The number of nitrogens with one attached hydrogen (secondary N) is 1. The minimum absolute atomic E-state index is 0.0209. The van der Waals surface area contributed by atoms with E-state index in [1.165, 1.54) is 276 Å². The zero-order valence-electron chi connectivity index (χ0n) is 59.9. The molecule has 10 heteroatoms. The summed E-state index contributed by atoms with van der Waals surface area (Å²) < 4.78 is 30.5. The summed E-state index contributed by atoms with van der Waals surface area (Å²) >= 11 is 0. The van der Waals surface area contributed by atoms with Crippen LogP contribution in [0, 0.1) is 0 Å². The molecule has 0 fully saturated rings. The van der Waals surface area contributed by atoms with Crippen molar-refractivity contribution in [3.05, 3.63) is 60.8 Å². The van der Waals surface area contributed by atoms with Crippen LogP contribution in [0.5, 0.6) is 0 Å². The lowest BCUT2D eigenvalue weighted by Crippen LogP contribution is -2.47. The number of quaternary nitrogens is 1. The van der Waals surface area contributed by atoms with Crippen molar-refractivity contribution < 1.29 is 37.3 Å². The number of ether oxygens (including phenoxy) is 1. The van der Waals surface area contributed by atoms with E-state index >= 15 is 0 Å². The Bertz CT molecular complexity index is 1700. The minimum Gasteiger partial charge on any atom is -0.756 e. The molecule has 0 aliphatic carbocycles. The number of esters is 1. The van der Waals surface area contributed by atoms with Gasteiger partial charge < -0.3 is 28.5 Å². The Morgan fingerprint density at radius 1 is 0.393 bits per heavy atom. The van der Waals surface area contributed by atoms with Crippen LogP contribution in [0.25, 0.3) is 0 Å². The lowest BCUT2D eigenvalue weighted by atomic mass is 10.0. The summed E-state index contributed by atoms with van der Waals surface area (Å²) in [7, 11) is 1.20. The Morgan fingerprint density at radius 3 is 1.03 bits per heavy atom. The van der Waals surface area contributed by atoms with Crippen molar-refractivity contribution in [3.63, 3.8) is 0 Å². The highest BCUT2D eigenvalue weighted by atomic mass is 31.2. The molecule has 0 bridgehead atoms. The molecule has 0 aromatic heterocycles. The first-order valence-electron chi connectivity index (χ1n) is 38.6. The van der Waals surface area contributed by atoms with Crippen molar-refractivity contribution >= 4 is 19.7 Å². The quantitative estimate of drug-likeness (QED) is 0.0212. The fraction of sp³-hybridized carbons (Fsp3) is 0.848. The Hall–Kier alpha value is -2.29. The van der Waals surface area contributed by atoms with Crippen molar-refractivity contribution in [2.45, 2.75) is 392 Å². The maximum absolute atomic E-state index is 13.6. The molecular formula is C79H149N2O7P. The third-order valence-corrected chi connectivity index (χ3v) is 18.4. The van der Waals surface area contributed by atoms with Crippen LogP contribution in [0.1, 0.15) is 380 Å². The monoisotopic (exact) mass is 1270 g/mol. The van der Waals surface area contributed by atoms with Gasteiger partial charge in [0.05, 0.1) is 33.8 Å². The molecule has 0 heterocycles. The minimum atomic E-state index is -4.70. The number of phosphoric acid groups is 1. The van der Waals surface area contributed by atoms with E-state index in [2.05, 4.69) is 74.7 Å². The van der Waals surface area contributed by atoms with Gasteiger partial charge in [-0.25, -0.2) is 0 Å². The van der Waals surface area contributed by atoms with Crippen LogP contribution in [-0.4, -0.2) is 69.4 Å². The number of carbonyl (C=O) groups is 2. The smallest absolute Gasteiger partial charge is 0.306 e. The second-order valence-corrected chi connectivity index (χ2v) is 28.9. The van der Waals surface area contributed by atoms with Gasteiger partial charge >= 0.3 is 5.97 Å². The molecule has 0 aromatic rings. The summed E-state index contributed by atoms with van der Waals surface area (Å²) in [5.74, 6) is -0.524. The largest absolute Gasteiger partial charge is 0.756 e. The van der Waals surface area contributed by atoms with Crippen LogP contribution < -0.4 is 10.2 Å². The maximum atomic E-state index is 13.6. The number of likely N-dealkylation sites (N-methyl/N-ethyl adjacent to an activating group) is 1. The molecule has 0 rings (SSSR count). The number of hydrogen-bond donors (Lipinski definition) is 1. The van der Waals surface area contributed by atoms with Gasteiger partial charge in [-0.1, -0.05) is 332 Å². The molecule has 1 amide bonds. The van der Waals surface area contributed by atoms with Crippen LogP contribution in [0.3, 0.4) is 0 Å². The third kappa shape index (κ3) is 69.9. The molecule has 3 unspecified atom stereocenters. The van der Waals surface area contributed by atoms with Gasteiger partial charge in [0.1, 0.15) is 19.3 Å². The van der Waals surface area contributed by atoms with Gasteiger partial charge in [0, 0.05) is 12.8 Å². The first-order valence-corrected chi connectivity index (χ1v) is 40.1. The molecule has 9 nitrogen and oxygen atoms in total. The summed E-state index contributed by atoms with van der Waals surface area (Å²) in [6.07, 6.45) is 89.4. The Kier molecular flexibility index (Phi) is 66.8. The zero-order valence-corrected chi connectivity index (χ0v) is 60.8. The second kappa shape index (κ2) is 68.6. The number of amides is 1. The molecule has 0 aliphatic heterocycles. The van der Waals surface area contributed by atoms with Gasteiger partial charge in [-0.15, -0.1) is 0 Å². The summed E-state index contributed by atoms with van der Waals surface area (Å²) in [5, 5.41) is 3.05. The van der Waals surface area contributed by atoms with Gasteiger partial charge in [0.15, 0.2) is 0 Å². The van der Waals surface area contributed by atoms with Crippen LogP contribution in [0.2, 0.25) is 0 Å². The number of allylic oxidation sites excluding steroid dienone is 9. The van der Waals surface area contributed by atoms with E-state index in [-0.39, 0.29) is 31.5 Å². The van der Waals surface area contributed by atoms with Crippen molar-refractivity contribution in [1.29, 1.82) is 0 Å². The summed E-state index contributed by atoms with van der Waals surface area (Å²) in [6.45, 7) is 6.85. The summed E-state index contributed by atoms with van der Waals surface area (Å²) in [6, 6.07) is -0.888. The van der Waals surface area contributed by atoms with Gasteiger partial charge in [-0.05, 0) is 96.0 Å². The number of phosphoric ester groups is 1. The lowest BCUT2D eigenvalue weighted by Gasteiger charge is -2.30. The fourth-order valence-electron chi connectivity index (χ4n) is 11.5. The van der Waals surface area contributed by atoms with E-state index in [0.29, 0.717) is 17.4 Å². The van der Waals surface area contributed by atoms with E-state index in [1.54, 1.807) is 0 Å². The first kappa shape index (κ1) is 86.7.